The molecule has 2 aliphatic heterocycles. The number of aromatic amines is 1. The largest absolute Gasteiger partial charge is 0.477 e. The van der Waals surface area contributed by atoms with Gasteiger partial charge in [-0.15, -0.1) is 23.1 Å². The zero-order chi connectivity index (χ0) is 27.5. The Hall–Kier alpha value is -4.24. The quantitative estimate of drug-likeness (QED) is 0.104. The van der Waals surface area contributed by atoms with Crippen molar-refractivity contribution in [1.29, 1.82) is 0 Å². The summed E-state index contributed by atoms with van der Waals surface area (Å²) in [6.07, 6.45) is 5.22. The van der Waals surface area contributed by atoms with Crippen molar-refractivity contribution in [1.82, 2.24) is 20.4 Å². The summed E-state index contributed by atoms with van der Waals surface area (Å²) in [5, 5.41) is 25.2. The number of nitrogens with zero attached hydrogens (tertiary/aromatic N) is 4. The number of carbonyl (C=O) groups excluding carboxylic acids is 3. The van der Waals surface area contributed by atoms with E-state index in [1.807, 2.05) is 34.5 Å². The van der Waals surface area contributed by atoms with E-state index in [0.29, 0.717) is 17.9 Å². The molecule has 1 unspecified atom stereocenters. The monoisotopic (exact) mass is 571 g/mol. The third-order valence-corrected chi connectivity index (χ3v) is 8.19. The van der Waals surface area contributed by atoms with Crippen LogP contribution in [-0.2, 0) is 35.3 Å². The van der Waals surface area contributed by atoms with Gasteiger partial charge in [-0.25, -0.2) is 9.59 Å². The lowest BCUT2D eigenvalue weighted by atomic mass is 10.0. The topological polar surface area (TPSA) is 167 Å². The maximum Gasteiger partial charge on any atom is 0.352 e. The molecule has 3 N–H and O–H groups in total. The second-order valence-corrected chi connectivity index (χ2v) is 10.5. The number of carboxylic acids is 1. The first kappa shape index (κ1) is 26.4. The number of H-pyrrole nitrogens is 1. The van der Waals surface area contributed by atoms with Crippen LogP contribution in [0.2, 0.25) is 0 Å². The number of esters is 1. The Labute approximate surface area is 229 Å². The predicted octanol–water partition coefficient (Wildman–Crippen LogP) is 0.635. The third-order valence-electron chi connectivity index (χ3n) is 5.98. The van der Waals surface area contributed by atoms with Gasteiger partial charge in [-0.3, -0.25) is 19.6 Å². The van der Waals surface area contributed by atoms with Crippen molar-refractivity contribution in [2.24, 2.45) is 5.16 Å². The molecule has 13 nitrogen and oxygen atoms in total. The fourth-order valence-electron chi connectivity index (χ4n) is 4.23. The number of thiophene rings is 1. The minimum atomic E-state index is -1.21. The molecule has 0 saturated carbocycles. The fraction of sp³-hybridized carbons (Fsp3) is 0.292. The van der Waals surface area contributed by atoms with Crippen LogP contribution < -0.4 is 9.88 Å². The number of amides is 2. The first-order chi connectivity index (χ1) is 18.9. The second-order valence-electron chi connectivity index (χ2n) is 8.46. The molecule has 1 fully saturated rings. The van der Waals surface area contributed by atoms with Gasteiger partial charge >= 0.3 is 11.9 Å². The summed E-state index contributed by atoms with van der Waals surface area (Å²) in [5.74, 6) is -2.81. The molecule has 2 amide bonds. The van der Waals surface area contributed by atoms with Crippen LogP contribution >= 0.6 is 23.1 Å². The predicted molar refractivity (Wildman–Crippen MR) is 139 cm³/mol. The molecule has 5 rings (SSSR count). The molecule has 3 aromatic rings. The van der Waals surface area contributed by atoms with Gasteiger partial charge in [0.25, 0.3) is 11.8 Å². The number of ether oxygens (including phenoxy) is 1. The zero-order valence-corrected chi connectivity index (χ0v) is 22.2. The number of hydrogen-bond donors (Lipinski definition) is 3. The van der Waals surface area contributed by atoms with Gasteiger partial charge in [-0.2, -0.15) is 9.67 Å². The summed E-state index contributed by atoms with van der Waals surface area (Å²) in [7, 11) is 0. The lowest BCUT2D eigenvalue weighted by Gasteiger charge is -2.49. The molecule has 0 radical (unpaired) electrons. The second kappa shape index (κ2) is 11.2. The average Bonchev–Trinajstić information content (AvgIpc) is 3.61. The van der Waals surface area contributed by atoms with E-state index < -0.39 is 41.8 Å². The molecule has 3 aromatic heterocycles. The highest BCUT2D eigenvalue weighted by Crippen LogP contribution is 2.40. The summed E-state index contributed by atoms with van der Waals surface area (Å²) in [4.78, 5) is 56.2. The molecule has 15 heteroatoms. The van der Waals surface area contributed by atoms with Crippen molar-refractivity contribution in [3.8, 4) is 0 Å². The minimum absolute atomic E-state index is 0.0757. The number of rotatable bonds is 10. The van der Waals surface area contributed by atoms with Gasteiger partial charge in [0.1, 0.15) is 17.1 Å². The standard InChI is InChI=1S/C24H22N6O7S2/c1-2-36-17(31)11-37-28-18(15-3-6-25-27-15)21(32)26-19-22(33)30-20(24(34)35)14(12-39-23(19)30)9-29-7-4-13-5-8-38-16(13)10-29/h3-8,10,19,23H,2,9,11-12H2,1H3,(H2-,25,26,27,28,32,34,35)/p+1/t19?,23-/m0/s1. The summed E-state index contributed by atoms with van der Waals surface area (Å²) < 4.78 is 7.73. The van der Waals surface area contributed by atoms with Crippen LogP contribution in [0, 0.1) is 0 Å². The molecule has 202 valence electrons. The maximum atomic E-state index is 13.1. The van der Waals surface area contributed by atoms with Crippen molar-refractivity contribution in [2.45, 2.75) is 24.9 Å². The van der Waals surface area contributed by atoms with Crippen LogP contribution in [0.5, 0.6) is 0 Å². The van der Waals surface area contributed by atoms with E-state index >= 15 is 0 Å². The SMILES string of the molecule is CCOC(=O)CON=C(C(=O)NC1C(=O)N2C(C(=O)O)=C(C[n+]3ccc4ccsc4c3)CS[C@@H]12)c1ccn[nH]1. The number of carbonyl (C=O) groups is 4. The number of nitrogens with one attached hydrogen (secondary N) is 2. The Kier molecular flexibility index (Phi) is 7.60. The molecule has 0 aliphatic carbocycles. The van der Waals surface area contributed by atoms with Crippen LogP contribution in [0.1, 0.15) is 12.6 Å². The van der Waals surface area contributed by atoms with Crippen molar-refractivity contribution in [3.05, 3.63) is 59.1 Å². The molecule has 2 atom stereocenters. The van der Waals surface area contributed by atoms with E-state index in [1.54, 1.807) is 18.3 Å². The smallest absolute Gasteiger partial charge is 0.352 e. The first-order valence-electron chi connectivity index (χ1n) is 11.8. The number of thioether (sulfide) groups is 1. The number of fused-ring (bicyclic) bond motifs is 2. The van der Waals surface area contributed by atoms with Crippen molar-refractivity contribution >= 4 is 62.6 Å². The Bertz CT molecular complexity index is 1500. The van der Waals surface area contributed by atoms with E-state index in [0.717, 1.165) is 10.1 Å². The fourth-order valence-corrected chi connectivity index (χ4v) is 6.39. The van der Waals surface area contributed by atoms with Gasteiger partial charge < -0.3 is 20.0 Å². The van der Waals surface area contributed by atoms with Crippen molar-refractivity contribution in [2.75, 3.05) is 19.0 Å². The molecular weight excluding hydrogens is 548 g/mol. The maximum absolute atomic E-state index is 13.1. The van der Waals surface area contributed by atoms with Crippen LogP contribution in [0.3, 0.4) is 0 Å². The highest BCUT2D eigenvalue weighted by atomic mass is 32.2. The van der Waals surface area contributed by atoms with Crippen molar-refractivity contribution < 1.29 is 38.4 Å². The molecule has 39 heavy (non-hydrogen) atoms. The average molecular weight is 572 g/mol. The summed E-state index contributed by atoms with van der Waals surface area (Å²) in [6, 6.07) is 4.46. The lowest BCUT2D eigenvalue weighted by molar-refractivity contribution is -0.687. The molecule has 1 saturated heterocycles. The van der Waals surface area contributed by atoms with E-state index in [9.17, 15) is 24.3 Å². The van der Waals surface area contributed by atoms with E-state index in [1.165, 1.54) is 28.9 Å². The molecule has 2 aliphatic rings. The Morgan fingerprint density at radius 3 is 2.92 bits per heavy atom. The number of carboxylic acid groups (broad SMARTS) is 1. The minimum Gasteiger partial charge on any atom is -0.477 e. The van der Waals surface area contributed by atoms with E-state index in [2.05, 4.69) is 20.7 Å². The van der Waals surface area contributed by atoms with Crippen LogP contribution in [0.25, 0.3) is 10.1 Å². The van der Waals surface area contributed by atoms with Gasteiger partial charge in [0.2, 0.25) is 6.61 Å². The zero-order valence-electron chi connectivity index (χ0n) is 20.5. The van der Waals surface area contributed by atoms with Crippen LogP contribution in [0.15, 0.2) is 58.6 Å². The first-order valence-corrected chi connectivity index (χ1v) is 13.7. The number of aliphatic carboxylic acids is 1. The summed E-state index contributed by atoms with van der Waals surface area (Å²) >= 11 is 2.95. The molecule has 0 bridgehead atoms. The molecule has 0 spiro atoms. The number of aromatic nitrogens is 3. The number of oxime groups is 1. The third kappa shape index (κ3) is 5.35. The van der Waals surface area contributed by atoms with Crippen molar-refractivity contribution in [3.63, 3.8) is 0 Å². The number of hydrogen-bond acceptors (Lipinski definition) is 10. The summed E-state index contributed by atoms with van der Waals surface area (Å²) in [5.41, 5.74) is 0.478. The Morgan fingerprint density at radius 1 is 1.33 bits per heavy atom. The van der Waals surface area contributed by atoms with Gasteiger partial charge in [0.05, 0.1) is 17.0 Å². The van der Waals surface area contributed by atoms with Gasteiger partial charge in [-0.05, 0) is 24.4 Å². The number of β-lactam (4-membered cyclic amide) rings is 1. The molecular formula is C24H23N6O7S2+. The summed E-state index contributed by atoms with van der Waals surface area (Å²) in [6.45, 7) is 1.60. The highest BCUT2D eigenvalue weighted by Gasteiger charge is 2.54. The normalized spacial score (nSPS) is 18.9. The lowest BCUT2D eigenvalue weighted by Crippen LogP contribution is -2.71. The number of pyridine rings is 1. The van der Waals surface area contributed by atoms with E-state index in [-0.39, 0.29) is 23.7 Å². The van der Waals surface area contributed by atoms with E-state index in [4.69, 9.17) is 9.57 Å². The highest BCUT2D eigenvalue weighted by molar-refractivity contribution is 8.00. The van der Waals surface area contributed by atoms with Gasteiger partial charge in [0.15, 0.2) is 24.7 Å². The van der Waals surface area contributed by atoms with Gasteiger partial charge in [-0.1, -0.05) is 5.16 Å². The van der Waals surface area contributed by atoms with Crippen LogP contribution in [0.4, 0.5) is 0 Å². The Balaban J connectivity index is 1.31. The van der Waals surface area contributed by atoms with Gasteiger partial charge in [0, 0.05) is 29.0 Å². The Morgan fingerprint density at radius 2 is 2.18 bits per heavy atom. The van der Waals surface area contributed by atoms with Crippen LogP contribution in [-0.4, -0.2) is 80.1 Å². The molecule has 5 heterocycles. The molecule has 0 aromatic carbocycles.